The standard InChI is InChI=1S/C15H21N3OS/c1-11(2)9-20-10-13-17-14(19-18-13)15(3,16)12-7-5-4-6-8-12/h4-8,11H,9-10,16H2,1-3H3. The minimum atomic E-state index is -0.755. The molecule has 1 aromatic carbocycles. The van der Waals surface area contributed by atoms with Gasteiger partial charge in [-0.3, -0.25) is 0 Å². The highest BCUT2D eigenvalue weighted by atomic mass is 32.2. The zero-order valence-electron chi connectivity index (χ0n) is 12.2. The van der Waals surface area contributed by atoms with Crippen LogP contribution in [0.1, 0.15) is 38.0 Å². The third kappa shape index (κ3) is 3.61. The molecule has 0 saturated carbocycles. The lowest BCUT2D eigenvalue weighted by atomic mass is 9.93. The first-order chi connectivity index (χ1) is 9.50. The van der Waals surface area contributed by atoms with Crippen molar-refractivity contribution < 1.29 is 4.52 Å². The fourth-order valence-electron chi connectivity index (χ4n) is 1.82. The molecular weight excluding hydrogens is 270 g/mol. The Morgan fingerprint density at radius 2 is 2.00 bits per heavy atom. The number of rotatable bonds is 6. The molecule has 1 aromatic heterocycles. The van der Waals surface area contributed by atoms with Crippen LogP contribution < -0.4 is 5.73 Å². The Bertz CT molecular complexity index is 537. The van der Waals surface area contributed by atoms with Crippen molar-refractivity contribution in [1.29, 1.82) is 0 Å². The molecule has 0 aliphatic rings. The SMILES string of the molecule is CC(C)CSCc1noc(C(C)(N)c2ccccc2)n1. The molecule has 20 heavy (non-hydrogen) atoms. The van der Waals surface area contributed by atoms with Crippen molar-refractivity contribution in [2.45, 2.75) is 32.1 Å². The van der Waals surface area contributed by atoms with Crippen molar-refractivity contribution in [2.24, 2.45) is 11.7 Å². The Labute approximate surface area is 124 Å². The van der Waals surface area contributed by atoms with Gasteiger partial charge in [0.25, 0.3) is 5.89 Å². The highest BCUT2D eigenvalue weighted by molar-refractivity contribution is 7.98. The van der Waals surface area contributed by atoms with Crippen LogP contribution in [0.15, 0.2) is 34.9 Å². The highest BCUT2D eigenvalue weighted by Crippen LogP contribution is 2.25. The van der Waals surface area contributed by atoms with Crippen LogP contribution in [0, 0.1) is 5.92 Å². The maximum absolute atomic E-state index is 6.35. The molecule has 0 spiro atoms. The first-order valence-corrected chi connectivity index (χ1v) is 7.91. The second-order valence-corrected chi connectivity index (χ2v) is 6.52. The van der Waals surface area contributed by atoms with Crippen LogP contribution in [0.4, 0.5) is 0 Å². The number of hydrogen-bond donors (Lipinski definition) is 1. The molecule has 1 heterocycles. The van der Waals surface area contributed by atoms with Gasteiger partial charge in [-0.25, -0.2) is 0 Å². The number of nitrogens with zero attached hydrogens (tertiary/aromatic N) is 2. The highest BCUT2D eigenvalue weighted by Gasteiger charge is 2.30. The summed E-state index contributed by atoms with van der Waals surface area (Å²) in [6, 6.07) is 9.81. The summed E-state index contributed by atoms with van der Waals surface area (Å²) in [6.07, 6.45) is 0. The summed E-state index contributed by atoms with van der Waals surface area (Å²) in [7, 11) is 0. The number of benzene rings is 1. The zero-order chi connectivity index (χ0) is 14.6. The van der Waals surface area contributed by atoms with E-state index in [1.807, 2.05) is 49.0 Å². The summed E-state index contributed by atoms with van der Waals surface area (Å²) in [5, 5.41) is 4.02. The van der Waals surface area contributed by atoms with E-state index in [-0.39, 0.29) is 0 Å². The summed E-state index contributed by atoms with van der Waals surface area (Å²) in [5.74, 6) is 3.67. The van der Waals surface area contributed by atoms with Crippen LogP contribution in [0.2, 0.25) is 0 Å². The van der Waals surface area contributed by atoms with Gasteiger partial charge in [-0.2, -0.15) is 16.7 Å². The van der Waals surface area contributed by atoms with Crippen LogP contribution >= 0.6 is 11.8 Å². The molecule has 1 unspecified atom stereocenters. The number of thioether (sulfide) groups is 1. The molecule has 0 fully saturated rings. The van der Waals surface area contributed by atoms with Crippen molar-refractivity contribution in [2.75, 3.05) is 5.75 Å². The van der Waals surface area contributed by atoms with E-state index in [1.54, 1.807) is 0 Å². The average Bonchev–Trinajstić information content (AvgIpc) is 2.89. The van der Waals surface area contributed by atoms with Gasteiger partial charge in [0.2, 0.25) is 0 Å². The van der Waals surface area contributed by atoms with Gasteiger partial charge in [-0.15, -0.1) is 0 Å². The molecular formula is C15H21N3OS. The predicted molar refractivity (Wildman–Crippen MR) is 82.4 cm³/mol. The third-order valence-corrected chi connectivity index (χ3v) is 4.33. The third-order valence-electron chi connectivity index (χ3n) is 2.97. The molecule has 0 saturated heterocycles. The van der Waals surface area contributed by atoms with E-state index in [1.165, 1.54) is 0 Å². The van der Waals surface area contributed by atoms with E-state index < -0.39 is 5.54 Å². The summed E-state index contributed by atoms with van der Waals surface area (Å²) in [4.78, 5) is 4.43. The molecule has 0 bridgehead atoms. The lowest BCUT2D eigenvalue weighted by Gasteiger charge is -2.20. The molecule has 0 aliphatic carbocycles. The number of aromatic nitrogens is 2. The van der Waals surface area contributed by atoms with Gasteiger partial charge in [-0.1, -0.05) is 49.3 Å². The van der Waals surface area contributed by atoms with E-state index in [0.29, 0.717) is 17.6 Å². The summed E-state index contributed by atoms with van der Waals surface area (Å²) >= 11 is 1.81. The van der Waals surface area contributed by atoms with E-state index in [9.17, 15) is 0 Å². The molecule has 2 N–H and O–H groups in total. The van der Waals surface area contributed by atoms with E-state index in [2.05, 4.69) is 24.0 Å². The molecule has 108 valence electrons. The Balaban J connectivity index is 2.08. The Morgan fingerprint density at radius 3 is 2.65 bits per heavy atom. The fraction of sp³-hybridized carbons (Fsp3) is 0.467. The zero-order valence-corrected chi connectivity index (χ0v) is 13.0. The molecule has 2 aromatic rings. The lowest BCUT2D eigenvalue weighted by Crippen LogP contribution is -2.34. The average molecular weight is 291 g/mol. The monoisotopic (exact) mass is 291 g/mol. The molecule has 0 amide bonds. The van der Waals surface area contributed by atoms with Crippen molar-refractivity contribution in [1.82, 2.24) is 10.1 Å². The normalized spacial score (nSPS) is 14.4. The quantitative estimate of drug-likeness (QED) is 0.885. The second-order valence-electron chi connectivity index (χ2n) is 5.49. The molecule has 0 radical (unpaired) electrons. The van der Waals surface area contributed by atoms with Crippen LogP contribution in [0.25, 0.3) is 0 Å². The largest absolute Gasteiger partial charge is 0.337 e. The van der Waals surface area contributed by atoms with Gasteiger partial charge >= 0.3 is 0 Å². The van der Waals surface area contributed by atoms with Crippen molar-refractivity contribution in [3.05, 3.63) is 47.6 Å². The second kappa shape index (κ2) is 6.41. The maximum Gasteiger partial charge on any atom is 0.251 e. The smallest absolute Gasteiger partial charge is 0.251 e. The molecule has 4 nitrogen and oxygen atoms in total. The van der Waals surface area contributed by atoms with Gasteiger partial charge in [0.1, 0.15) is 5.54 Å². The number of nitrogens with two attached hydrogens (primary N) is 1. The van der Waals surface area contributed by atoms with Gasteiger partial charge in [-0.05, 0) is 24.2 Å². The van der Waals surface area contributed by atoms with Crippen molar-refractivity contribution in [3.8, 4) is 0 Å². The van der Waals surface area contributed by atoms with Gasteiger partial charge in [0.15, 0.2) is 5.82 Å². The van der Waals surface area contributed by atoms with Crippen LogP contribution in [0.3, 0.4) is 0 Å². The van der Waals surface area contributed by atoms with Gasteiger partial charge in [0, 0.05) is 0 Å². The van der Waals surface area contributed by atoms with E-state index >= 15 is 0 Å². The van der Waals surface area contributed by atoms with Crippen molar-refractivity contribution in [3.63, 3.8) is 0 Å². The first kappa shape index (κ1) is 15.1. The fourth-order valence-corrected chi connectivity index (χ4v) is 2.71. The van der Waals surface area contributed by atoms with Gasteiger partial charge < -0.3 is 10.3 Å². The molecule has 5 heteroatoms. The maximum atomic E-state index is 6.35. The first-order valence-electron chi connectivity index (χ1n) is 6.75. The minimum Gasteiger partial charge on any atom is -0.337 e. The predicted octanol–water partition coefficient (Wildman–Crippen LogP) is 3.18. The van der Waals surface area contributed by atoms with Crippen LogP contribution in [-0.2, 0) is 11.3 Å². The minimum absolute atomic E-state index is 0.462. The Hall–Kier alpha value is -1.33. The topological polar surface area (TPSA) is 64.9 Å². The molecule has 2 rings (SSSR count). The summed E-state index contributed by atoms with van der Waals surface area (Å²) < 4.78 is 5.34. The van der Waals surface area contributed by atoms with E-state index in [0.717, 1.165) is 17.1 Å². The van der Waals surface area contributed by atoms with Crippen LogP contribution in [-0.4, -0.2) is 15.9 Å². The summed E-state index contributed by atoms with van der Waals surface area (Å²) in [5.41, 5.74) is 6.55. The Morgan fingerprint density at radius 1 is 1.30 bits per heavy atom. The lowest BCUT2D eigenvalue weighted by molar-refractivity contribution is 0.323. The van der Waals surface area contributed by atoms with Crippen molar-refractivity contribution >= 4 is 11.8 Å². The summed E-state index contributed by atoms with van der Waals surface area (Å²) in [6.45, 7) is 6.28. The molecule has 1 atom stereocenters. The van der Waals surface area contributed by atoms with Crippen LogP contribution in [0.5, 0.6) is 0 Å². The van der Waals surface area contributed by atoms with E-state index in [4.69, 9.17) is 10.3 Å². The molecule has 0 aliphatic heterocycles. The number of hydrogen-bond acceptors (Lipinski definition) is 5. The Kier molecular flexibility index (Phi) is 4.83. The van der Waals surface area contributed by atoms with Gasteiger partial charge in [0.05, 0.1) is 5.75 Å².